The van der Waals surface area contributed by atoms with Gasteiger partial charge in [-0.25, -0.2) is 9.97 Å². The monoisotopic (exact) mass is 379 g/mol. The highest BCUT2D eigenvalue weighted by Gasteiger charge is 2.29. The van der Waals surface area contributed by atoms with Crippen LogP contribution in [0.15, 0.2) is 36.7 Å². The Morgan fingerprint density at radius 3 is 2.68 bits per heavy atom. The van der Waals surface area contributed by atoms with Crippen LogP contribution in [0.3, 0.4) is 0 Å². The van der Waals surface area contributed by atoms with E-state index in [9.17, 15) is 4.79 Å². The molecule has 0 aliphatic carbocycles. The predicted molar refractivity (Wildman–Crippen MR) is 110 cm³/mol. The molecule has 1 aliphatic heterocycles. The van der Waals surface area contributed by atoms with Crippen molar-refractivity contribution in [1.29, 1.82) is 0 Å². The Hall–Kier alpha value is -2.63. The summed E-state index contributed by atoms with van der Waals surface area (Å²) < 4.78 is 4.34. The van der Waals surface area contributed by atoms with E-state index in [1.165, 1.54) is 0 Å². The molecule has 6 nitrogen and oxygen atoms in total. The van der Waals surface area contributed by atoms with Gasteiger partial charge in [0.2, 0.25) is 5.91 Å². The van der Waals surface area contributed by atoms with Crippen LogP contribution in [0.5, 0.6) is 0 Å². The van der Waals surface area contributed by atoms with Crippen LogP contribution < -0.4 is 0 Å². The molecule has 0 bridgehead atoms. The minimum atomic E-state index is -0.227. The molecule has 1 saturated heterocycles. The zero-order valence-electron chi connectivity index (χ0n) is 17.0. The normalized spacial score (nSPS) is 16.6. The van der Waals surface area contributed by atoms with Crippen molar-refractivity contribution in [3.8, 4) is 0 Å². The fourth-order valence-corrected chi connectivity index (χ4v) is 4.36. The molecule has 0 spiro atoms. The van der Waals surface area contributed by atoms with E-state index in [-0.39, 0.29) is 11.9 Å². The Labute approximate surface area is 166 Å². The first-order chi connectivity index (χ1) is 13.6. The Kier molecular flexibility index (Phi) is 5.20. The average Bonchev–Trinajstić information content (AvgIpc) is 3.30. The van der Waals surface area contributed by atoms with Crippen molar-refractivity contribution < 1.29 is 4.79 Å². The second kappa shape index (κ2) is 7.78. The Morgan fingerprint density at radius 2 is 2.00 bits per heavy atom. The lowest BCUT2D eigenvalue weighted by molar-refractivity contribution is -0.135. The third-order valence-corrected chi connectivity index (χ3v) is 6.03. The zero-order valence-corrected chi connectivity index (χ0v) is 17.0. The maximum atomic E-state index is 13.2. The molecule has 3 heterocycles. The van der Waals surface area contributed by atoms with Crippen molar-refractivity contribution in [2.24, 2.45) is 5.92 Å². The molecule has 1 aliphatic rings. The summed E-state index contributed by atoms with van der Waals surface area (Å²) in [6.07, 6.45) is 6.81. The Morgan fingerprint density at radius 1 is 1.25 bits per heavy atom. The standard InChI is InChI=1S/C22H29N5O/c1-4-21-24-19-7-5-6-8-20(19)27(21)16(2)22(28)25-12-9-18(10-13-25)15-26-14-11-23-17(26)3/h5-8,11,14,16,18H,4,9-10,12-13,15H2,1-3H3/t16-/m0/s1. The molecule has 0 radical (unpaired) electrons. The number of nitrogens with zero attached hydrogens (tertiary/aromatic N) is 5. The number of aryl methyl sites for hydroxylation is 2. The number of para-hydroxylation sites is 2. The van der Waals surface area contributed by atoms with Gasteiger partial charge in [0.05, 0.1) is 11.0 Å². The van der Waals surface area contributed by atoms with Gasteiger partial charge in [-0.3, -0.25) is 4.79 Å². The molecule has 3 aromatic rings. The third-order valence-electron chi connectivity index (χ3n) is 6.03. The summed E-state index contributed by atoms with van der Waals surface area (Å²) in [6, 6.07) is 7.87. The van der Waals surface area contributed by atoms with Crippen molar-refractivity contribution in [2.75, 3.05) is 13.1 Å². The molecule has 0 unspecified atom stereocenters. The Balaban J connectivity index is 1.45. The van der Waals surface area contributed by atoms with Gasteiger partial charge in [0.15, 0.2) is 0 Å². The van der Waals surface area contributed by atoms with Crippen LogP contribution in [0.1, 0.15) is 44.4 Å². The maximum Gasteiger partial charge on any atom is 0.245 e. The summed E-state index contributed by atoms with van der Waals surface area (Å²) in [4.78, 5) is 24.3. The number of imidazole rings is 2. The highest BCUT2D eigenvalue weighted by Crippen LogP contribution is 2.26. The molecule has 0 saturated carbocycles. The maximum absolute atomic E-state index is 13.2. The number of carbonyl (C=O) groups excluding carboxylic acids is 1. The summed E-state index contributed by atoms with van der Waals surface area (Å²) in [5.41, 5.74) is 2.01. The van der Waals surface area contributed by atoms with E-state index >= 15 is 0 Å². The van der Waals surface area contributed by atoms with Crippen molar-refractivity contribution in [2.45, 2.75) is 52.6 Å². The van der Waals surface area contributed by atoms with E-state index in [0.29, 0.717) is 5.92 Å². The van der Waals surface area contributed by atoms with E-state index in [0.717, 1.165) is 61.6 Å². The van der Waals surface area contributed by atoms with Crippen LogP contribution >= 0.6 is 0 Å². The molecule has 1 atom stereocenters. The summed E-state index contributed by atoms with van der Waals surface area (Å²) >= 11 is 0. The fourth-order valence-electron chi connectivity index (χ4n) is 4.36. The number of benzene rings is 1. The van der Waals surface area contributed by atoms with Crippen molar-refractivity contribution >= 4 is 16.9 Å². The van der Waals surface area contributed by atoms with E-state index < -0.39 is 0 Å². The number of amides is 1. The summed E-state index contributed by atoms with van der Waals surface area (Å²) in [5, 5.41) is 0. The topological polar surface area (TPSA) is 56.0 Å². The molecule has 6 heteroatoms. The van der Waals surface area contributed by atoms with E-state index in [1.54, 1.807) is 0 Å². The molecule has 2 aromatic heterocycles. The predicted octanol–water partition coefficient (Wildman–Crippen LogP) is 3.60. The van der Waals surface area contributed by atoms with E-state index in [1.807, 2.05) is 49.3 Å². The van der Waals surface area contributed by atoms with Gasteiger partial charge in [0.1, 0.15) is 17.7 Å². The van der Waals surface area contributed by atoms with Crippen LogP contribution in [0.4, 0.5) is 0 Å². The van der Waals surface area contributed by atoms with Crippen molar-refractivity contribution in [1.82, 2.24) is 24.0 Å². The first kappa shape index (κ1) is 18.7. The number of fused-ring (bicyclic) bond motifs is 1. The average molecular weight is 380 g/mol. The lowest BCUT2D eigenvalue weighted by atomic mass is 9.96. The van der Waals surface area contributed by atoms with Crippen LogP contribution in [-0.4, -0.2) is 43.0 Å². The number of piperidine rings is 1. The van der Waals surface area contributed by atoms with Crippen LogP contribution in [0, 0.1) is 12.8 Å². The number of carbonyl (C=O) groups is 1. The fraction of sp³-hybridized carbons (Fsp3) is 0.500. The highest BCUT2D eigenvalue weighted by atomic mass is 16.2. The third kappa shape index (κ3) is 3.43. The van der Waals surface area contributed by atoms with Crippen LogP contribution in [0.2, 0.25) is 0 Å². The molecular formula is C22H29N5O. The Bertz CT molecular complexity index is 964. The zero-order chi connectivity index (χ0) is 19.7. The molecule has 0 N–H and O–H groups in total. The van der Waals surface area contributed by atoms with Crippen LogP contribution in [-0.2, 0) is 17.8 Å². The molecule has 4 rings (SSSR count). The highest BCUT2D eigenvalue weighted by molar-refractivity contribution is 5.84. The van der Waals surface area contributed by atoms with Gasteiger partial charge in [-0.1, -0.05) is 19.1 Å². The van der Waals surface area contributed by atoms with Gasteiger partial charge < -0.3 is 14.0 Å². The smallest absolute Gasteiger partial charge is 0.245 e. The number of hydrogen-bond donors (Lipinski definition) is 0. The lowest BCUT2D eigenvalue weighted by Crippen LogP contribution is -2.42. The largest absolute Gasteiger partial charge is 0.341 e. The molecule has 148 valence electrons. The minimum absolute atomic E-state index is 0.204. The number of aromatic nitrogens is 4. The van der Waals surface area contributed by atoms with E-state index in [2.05, 4.69) is 27.1 Å². The molecule has 1 amide bonds. The number of hydrogen-bond acceptors (Lipinski definition) is 3. The lowest BCUT2D eigenvalue weighted by Gasteiger charge is -2.34. The minimum Gasteiger partial charge on any atom is -0.341 e. The second-order valence-corrected chi connectivity index (χ2v) is 7.81. The quantitative estimate of drug-likeness (QED) is 0.681. The first-order valence-corrected chi connectivity index (χ1v) is 10.3. The second-order valence-electron chi connectivity index (χ2n) is 7.81. The van der Waals surface area contributed by atoms with Gasteiger partial charge >= 0.3 is 0 Å². The summed E-state index contributed by atoms with van der Waals surface area (Å²) in [5.74, 6) is 2.85. The van der Waals surface area contributed by atoms with E-state index in [4.69, 9.17) is 4.98 Å². The molecule has 1 fully saturated rings. The van der Waals surface area contributed by atoms with Crippen LogP contribution in [0.25, 0.3) is 11.0 Å². The molecule has 1 aromatic carbocycles. The van der Waals surface area contributed by atoms with Gasteiger partial charge in [0.25, 0.3) is 0 Å². The SMILES string of the molecule is CCc1nc2ccccc2n1[C@@H](C)C(=O)N1CCC(Cn2ccnc2C)CC1. The first-order valence-electron chi connectivity index (χ1n) is 10.3. The summed E-state index contributed by atoms with van der Waals surface area (Å²) in [6.45, 7) is 8.80. The van der Waals surface area contributed by atoms with Gasteiger partial charge in [-0.05, 0) is 44.7 Å². The number of rotatable bonds is 5. The van der Waals surface area contributed by atoms with Gasteiger partial charge in [0, 0.05) is 38.4 Å². The number of likely N-dealkylation sites (tertiary alicyclic amines) is 1. The van der Waals surface area contributed by atoms with Gasteiger partial charge in [-0.15, -0.1) is 0 Å². The van der Waals surface area contributed by atoms with Gasteiger partial charge in [-0.2, -0.15) is 0 Å². The summed E-state index contributed by atoms with van der Waals surface area (Å²) in [7, 11) is 0. The van der Waals surface area contributed by atoms with Crippen molar-refractivity contribution in [3.63, 3.8) is 0 Å². The molecular weight excluding hydrogens is 350 g/mol. The molecule has 28 heavy (non-hydrogen) atoms. The van der Waals surface area contributed by atoms with Crippen molar-refractivity contribution in [3.05, 3.63) is 48.3 Å².